The van der Waals surface area contributed by atoms with Crippen LogP contribution in [0.1, 0.15) is 13.3 Å². The van der Waals surface area contributed by atoms with Gasteiger partial charge < -0.3 is 4.74 Å². The van der Waals surface area contributed by atoms with Crippen LogP contribution in [0.4, 0.5) is 0 Å². The van der Waals surface area contributed by atoms with E-state index >= 15 is 0 Å². The van der Waals surface area contributed by atoms with E-state index in [2.05, 4.69) is 11.0 Å². The maximum Gasteiger partial charge on any atom is 0.243 e. The minimum atomic E-state index is -3.45. The average molecular weight is 323 g/mol. The average Bonchev–Trinajstić information content (AvgIpc) is 2.54. The first-order chi connectivity index (χ1) is 10.6. The number of ether oxygens (including phenoxy) is 1. The van der Waals surface area contributed by atoms with Crippen molar-refractivity contribution in [2.45, 2.75) is 18.2 Å². The van der Waals surface area contributed by atoms with Crippen molar-refractivity contribution in [3.05, 3.63) is 24.3 Å². The second kappa shape index (κ2) is 7.58. The number of benzene rings is 1. The van der Waals surface area contributed by atoms with Crippen LogP contribution in [0.5, 0.6) is 5.75 Å². The van der Waals surface area contributed by atoms with Crippen molar-refractivity contribution in [1.29, 1.82) is 5.26 Å². The number of hydrogen-bond donors (Lipinski definition) is 0. The van der Waals surface area contributed by atoms with Gasteiger partial charge >= 0.3 is 0 Å². The molecule has 6 nitrogen and oxygen atoms in total. The molecule has 0 aromatic heterocycles. The van der Waals surface area contributed by atoms with E-state index in [9.17, 15) is 8.42 Å². The van der Waals surface area contributed by atoms with Gasteiger partial charge in [-0.25, -0.2) is 8.42 Å². The van der Waals surface area contributed by atoms with Gasteiger partial charge in [0.2, 0.25) is 10.0 Å². The maximum atomic E-state index is 12.6. The van der Waals surface area contributed by atoms with Crippen LogP contribution in [0.2, 0.25) is 0 Å². The van der Waals surface area contributed by atoms with Gasteiger partial charge in [-0.2, -0.15) is 9.57 Å². The summed E-state index contributed by atoms with van der Waals surface area (Å²) >= 11 is 0. The molecule has 1 aliphatic heterocycles. The normalized spacial score (nSPS) is 17.1. The van der Waals surface area contributed by atoms with Crippen LogP contribution in [-0.4, -0.2) is 57.0 Å². The number of piperazine rings is 1. The zero-order chi connectivity index (χ0) is 16.0. The first-order valence-electron chi connectivity index (χ1n) is 7.40. The summed E-state index contributed by atoms with van der Waals surface area (Å²) in [5, 5.41) is 8.59. The van der Waals surface area contributed by atoms with Crippen molar-refractivity contribution in [3.8, 4) is 11.8 Å². The molecular weight excluding hydrogens is 302 g/mol. The minimum Gasteiger partial charge on any atom is -0.494 e. The molecule has 1 heterocycles. The highest BCUT2D eigenvalue weighted by Gasteiger charge is 2.28. The Morgan fingerprint density at radius 3 is 2.36 bits per heavy atom. The monoisotopic (exact) mass is 323 g/mol. The van der Waals surface area contributed by atoms with Crippen LogP contribution in [0, 0.1) is 11.3 Å². The van der Waals surface area contributed by atoms with Crippen LogP contribution in [0.25, 0.3) is 0 Å². The van der Waals surface area contributed by atoms with E-state index in [4.69, 9.17) is 10.00 Å². The maximum absolute atomic E-state index is 12.6. The lowest BCUT2D eigenvalue weighted by Gasteiger charge is -2.33. The third-order valence-corrected chi connectivity index (χ3v) is 5.56. The Morgan fingerprint density at radius 1 is 1.18 bits per heavy atom. The zero-order valence-electron chi connectivity index (χ0n) is 12.7. The van der Waals surface area contributed by atoms with Crippen molar-refractivity contribution in [3.63, 3.8) is 0 Å². The molecule has 120 valence electrons. The van der Waals surface area contributed by atoms with Gasteiger partial charge in [0, 0.05) is 39.1 Å². The molecule has 1 aliphatic rings. The SMILES string of the molecule is CCOc1ccc(S(=O)(=O)N2CCN(CCC#N)CC2)cc1. The van der Waals surface area contributed by atoms with Gasteiger partial charge in [0.1, 0.15) is 5.75 Å². The van der Waals surface area contributed by atoms with Crippen molar-refractivity contribution >= 4 is 10.0 Å². The number of sulfonamides is 1. The fourth-order valence-corrected chi connectivity index (χ4v) is 3.85. The van der Waals surface area contributed by atoms with Gasteiger partial charge in [0.05, 0.1) is 17.6 Å². The van der Waals surface area contributed by atoms with E-state index < -0.39 is 10.0 Å². The van der Waals surface area contributed by atoms with E-state index in [0.29, 0.717) is 56.4 Å². The smallest absolute Gasteiger partial charge is 0.243 e. The summed E-state index contributed by atoms with van der Waals surface area (Å²) in [4.78, 5) is 2.41. The lowest BCUT2D eigenvalue weighted by atomic mass is 10.3. The summed E-state index contributed by atoms with van der Waals surface area (Å²) in [7, 11) is -3.45. The fraction of sp³-hybridized carbons (Fsp3) is 0.533. The predicted molar refractivity (Wildman–Crippen MR) is 83.0 cm³/mol. The summed E-state index contributed by atoms with van der Waals surface area (Å²) in [5.41, 5.74) is 0. The molecule has 0 atom stereocenters. The van der Waals surface area contributed by atoms with Gasteiger partial charge in [-0.05, 0) is 31.2 Å². The molecule has 0 saturated carbocycles. The Kier molecular flexibility index (Phi) is 5.77. The lowest BCUT2D eigenvalue weighted by Crippen LogP contribution is -2.48. The number of nitrogens with zero attached hydrogens (tertiary/aromatic N) is 3. The van der Waals surface area contributed by atoms with Crippen molar-refractivity contribution in [2.24, 2.45) is 0 Å². The number of hydrogen-bond acceptors (Lipinski definition) is 5. The molecule has 0 radical (unpaired) electrons. The first kappa shape index (κ1) is 16.7. The van der Waals surface area contributed by atoms with Gasteiger partial charge in [-0.15, -0.1) is 0 Å². The van der Waals surface area contributed by atoms with Crippen LogP contribution >= 0.6 is 0 Å². The molecule has 1 aromatic carbocycles. The molecule has 0 amide bonds. The van der Waals surface area contributed by atoms with E-state index in [1.165, 1.54) is 4.31 Å². The Bertz CT molecular complexity index is 614. The molecule has 1 aromatic rings. The molecule has 1 saturated heterocycles. The molecule has 0 bridgehead atoms. The highest BCUT2D eigenvalue weighted by Crippen LogP contribution is 2.20. The van der Waals surface area contributed by atoms with Gasteiger partial charge in [0.15, 0.2) is 0 Å². The molecule has 0 aliphatic carbocycles. The molecule has 2 rings (SSSR count). The number of nitriles is 1. The third kappa shape index (κ3) is 3.97. The standard InChI is InChI=1S/C15H21N3O3S/c1-2-21-14-4-6-15(7-5-14)22(19,20)18-12-10-17(11-13-18)9-3-8-16/h4-7H,2-3,9-13H2,1H3. The van der Waals surface area contributed by atoms with Crippen molar-refractivity contribution in [2.75, 3.05) is 39.3 Å². The quantitative estimate of drug-likeness (QED) is 0.789. The second-order valence-corrected chi connectivity index (χ2v) is 7.00. The largest absolute Gasteiger partial charge is 0.494 e. The minimum absolute atomic E-state index is 0.293. The molecule has 22 heavy (non-hydrogen) atoms. The molecular formula is C15H21N3O3S. The van der Waals surface area contributed by atoms with E-state index in [1.54, 1.807) is 24.3 Å². The summed E-state index contributed by atoms with van der Waals surface area (Å²) in [6.45, 7) is 5.39. The Morgan fingerprint density at radius 2 is 1.82 bits per heavy atom. The Hall–Kier alpha value is -1.62. The van der Waals surface area contributed by atoms with Crippen molar-refractivity contribution < 1.29 is 13.2 Å². The topological polar surface area (TPSA) is 73.6 Å². The zero-order valence-corrected chi connectivity index (χ0v) is 13.6. The van der Waals surface area contributed by atoms with E-state index in [1.807, 2.05) is 6.92 Å². The molecule has 1 fully saturated rings. The molecule has 7 heteroatoms. The number of rotatable bonds is 6. The second-order valence-electron chi connectivity index (χ2n) is 5.06. The predicted octanol–water partition coefficient (Wildman–Crippen LogP) is 1.31. The summed E-state index contributed by atoms with van der Waals surface area (Å²) in [6, 6.07) is 8.64. The summed E-state index contributed by atoms with van der Waals surface area (Å²) < 4.78 is 32.0. The highest BCUT2D eigenvalue weighted by molar-refractivity contribution is 7.89. The summed E-state index contributed by atoms with van der Waals surface area (Å²) in [6.07, 6.45) is 0.478. The third-order valence-electron chi connectivity index (χ3n) is 3.64. The van der Waals surface area contributed by atoms with Crippen molar-refractivity contribution in [1.82, 2.24) is 9.21 Å². The van der Waals surface area contributed by atoms with Crippen LogP contribution in [0.3, 0.4) is 0 Å². The van der Waals surface area contributed by atoms with E-state index in [0.717, 1.165) is 0 Å². The van der Waals surface area contributed by atoms with Crippen LogP contribution in [-0.2, 0) is 10.0 Å². The molecule has 0 spiro atoms. The fourth-order valence-electron chi connectivity index (χ4n) is 2.43. The van der Waals surface area contributed by atoms with Crippen LogP contribution < -0.4 is 4.74 Å². The van der Waals surface area contributed by atoms with Gasteiger partial charge in [0.25, 0.3) is 0 Å². The first-order valence-corrected chi connectivity index (χ1v) is 8.84. The Labute approximate surface area is 131 Å². The van der Waals surface area contributed by atoms with Crippen LogP contribution in [0.15, 0.2) is 29.2 Å². The Balaban J connectivity index is 2.00. The van der Waals surface area contributed by atoms with Gasteiger partial charge in [-0.1, -0.05) is 0 Å². The highest BCUT2D eigenvalue weighted by atomic mass is 32.2. The van der Waals surface area contributed by atoms with Gasteiger partial charge in [-0.3, -0.25) is 4.90 Å². The lowest BCUT2D eigenvalue weighted by molar-refractivity contribution is 0.191. The van der Waals surface area contributed by atoms with E-state index in [-0.39, 0.29) is 0 Å². The molecule has 0 N–H and O–H groups in total. The summed E-state index contributed by atoms with van der Waals surface area (Å²) in [5.74, 6) is 0.669. The molecule has 0 unspecified atom stereocenters.